The van der Waals surface area contributed by atoms with E-state index in [1.54, 1.807) is 36.0 Å². The summed E-state index contributed by atoms with van der Waals surface area (Å²) >= 11 is 1.62. The van der Waals surface area contributed by atoms with Crippen LogP contribution in [0, 0.1) is 5.92 Å². The lowest BCUT2D eigenvalue weighted by atomic mass is 10.1. The summed E-state index contributed by atoms with van der Waals surface area (Å²) in [6, 6.07) is 14.4. The molecule has 5 nitrogen and oxygen atoms in total. The summed E-state index contributed by atoms with van der Waals surface area (Å²) in [5.74, 6) is 0.302. The number of hydrogen-bond donors (Lipinski definition) is 3. The van der Waals surface area contributed by atoms with Crippen LogP contribution >= 0.6 is 11.8 Å². The maximum atomic E-state index is 12.1. The Morgan fingerprint density at radius 1 is 0.920 bits per heavy atom. The van der Waals surface area contributed by atoms with Crippen molar-refractivity contribution < 1.29 is 9.59 Å². The molecule has 2 aromatic rings. The van der Waals surface area contributed by atoms with Gasteiger partial charge in [-0.15, -0.1) is 11.8 Å². The van der Waals surface area contributed by atoms with Gasteiger partial charge >= 0.3 is 6.03 Å². The number of amides is 3. The lowest BCUT2D eigenvalue weighted by molar-refractivity contribution is -0.116. The highest BCUT2D eigenvalue weighted by Crippen LogP contribution is 2.19. The summed E-state index contributed by atoms with van der Waals surface area (Å²) in [5.41, 5.74) is 2.10. The first-order chi connectivity index (χ1) is 12.0. The van der Waals surface area contributed by atoms with E-state index in [9.17, 15) is 9.59 Å². The van der Waals surface area contributed by atoms with Gasteiger partial charge in [-0.25, -0.2) is 4.79 Å². The normalized spacial score (nSPS) is 10.4. The van der Waals surface area contributed by atoms with Gasteiger partial charge in [0.05, 0.1) is 0 Å². The molecule has 0 radical (unpaired) electrons. The molecule has 0 aliphatic heterocycles. The van der Waals surface area contributed by atoms with Crippen LogP contribution in [-0.4, -0.2) is 18.2 Å². The lowest BCUT2D eigenvalue weighted by Gasteiger charge is -2.10. The second kappa shape index (κ2) is 9.13. The van der Waals surface area contributed by atoms with Gasteiger partial charge in [0, 0.05) is 28.4 Å². The quantitative estimate of drug-likeness (QED) is 0.635. The fourth-order valence-electron chi connectivity index (χ4n) is 2.21. The second-order valence-electron chi connectivity index (χ2n) is 6.03. The molecule has 0 bridgehead atoms. The summed E-state index contributed by atoms with van der Waals surface area (Å²) in [7, 11) is 0. The summed E-state index contributed by atoms with van der Waals surface area (Å²) in [4.78, 5) is 24.9. The Morgan fingerprint density at radius 3 is 2.12 bits per heavy atom. The van der Waals surface area contributed by atoms with Gasteiger partial charge in [-0.05, 0) is 54.6 Å². The minimum Gasteiger partial charge on any atom is -0.326 e. The van der Waals surface area contributed by atoms with E-state index in [4.69, 9.17) is 0 Å². The largest absolute Gasteiger partial charge is 0.326 e. The van der Waals surface area contributed by atoms with Crippen molar-refractivity contribution in [1.29, 1.82) is 0 Å². The zero-order chi connectivity index (χ0) is 18.2. The van der Waals surface area contributed by atoms with E-state index >= 15 is 0 Å². The molecule has 3 N–H and O–H groups in total. The predicted molar refractivity (Wildman–Crippen MR) is 105 cm³/mol. The highest BCUT2D eigenvalue weighted by Gasteiger charge is 2.06. The molecule has 6 heteroatoms. The molecule has 0 fully saturated rings. The third kappa shape index (κ3) is 6.51. The number of nitrogens with one attached hydrogen (secondary N) is 3. The Labute approximate surface area is 152 Å². The van der Waals surface area contributed by atoms with E-state index in [1.807, 2.05) is 44.4 Å². The summed E-state index contributed by atoms with van der Waals surface area (Å²) < 4.78 is 0. The average Bonchev–Trinajstić information content (AvgIpc) is 2.56. The molecule has 0 spiro atoms. The highest BCUT2D eigenvalue weighted by atomic mass is 32.2. The Balaban J connectivity index is 1.89. The monoisotopic (exact) mass is 357 g/mol. The minimum absolute atomic E-state index is 0.0119. The topological polar surface area (TPSA) is 70.2 Å². The van der Waals surface area contributed by atoms with Gasteiger partial charge in [-0.3, -0.25) is 4.79 Å². The SMILES string of the molecule is CSc1cccc(NC(=O)Nc2ccc(NC(=O)CC(C)C)cc2)c1. The zero-order valence-corrected chi connectivity index (χ0v) is 15.4. The molecule has 0 aromatic heterocycles. The number of hydrogen-bond acceptors (Lipinski definition) is 3. The summed E-state index contributed by atoms with van der Waals surface area (Å²) in [5, 5.41) is 8.41. The molecule has 0 saturated carbocycles. The molecule has 2 rings (SSSR count). The fraction of sp³-hybridized carbons (Fsp3) is 0.263. The van der Waals surface area contributed by atoms with Gasteiger partial charge in [-0.2, -0.15) is 0 Å². The molecule has 0 aliphatic carbocycles. The molecule has 0 saturated heterocycles. The van der Waals surface area contributed by atoms with Crippen LogP contribution in [0.1, 0.15) is 20.3 Å². The van der Waals surface area contributed by atoms with E-state index in [0.717, 1.165) is 10.6 Å². The number of thioether (sulfide) groups is 1. The molecule has 2 aromatic carbocycles. The van der Waals surface area contributed by atoms with Gasteiger partial charge in [0.1, 0.15) is 0 Å². The molecule has 0 unspecified atom stereocenters. The van der Waals surface area contributed by atoms with E-state index < -0.39 is 0 Å². The first-order valence-corrected chi connectivity index (χ1v) is 9.30. The van der Waals surface area contributed by atoms with Gasteiger partial charge in [-0.1, -0.05) is 19.9 Å². The number of rotatable bonds is 6. The van der Waals surface area contributed by atoms with Crippen molar-refractivity contribution in [1.82, 2.24) is 0 Å². The maximum absolute atomic E-state index is 12.1. The summed E-state index contributed by atoms with van der Waals surface area (Å²) in [6.45, 7) is 4.00. The second-order valence-corrected chi connectivity index (χ2v) is 6.91. The molecule has 132 valence electrons. The number of urea groups is 1. The average molecular weight is 357 g/mol. The lowest BCUT2D eigenvalue weighted by Crippen LogP contribution is -2.19. The van der Waals surface area contributed by atoms with Crippen LogP contribution in [0.4, 0.5) is 21.9 Å². The number of benzene rings is 2. The van der Waals surface area contributed by atoms with Crippen LogP contribution in [0.5, 0.6) is 0 Å². The van der Waals surface area contributed by atoms with Crippen molar-refractivity contribution in [3.05, 3.63) is 48.5 Å². The highest BCUT2D eigenvalue weighted by molar-refractivity contribution is 7.98. The van der Waals surface area contributed by atoms with Gasteiger partial charge in [0.25, 0.3) is 0 Å². The Hall–Kier alpha value is -2.47. The van der Waals surface area contributed by atoms with Crippen LogP contribution in [0.25, 0.3) is 0 Å². The third-order valence-electron chi connectivity index (χ3n) is 3.35. The summed E-state index contributed by atoms with van der Waals surface area (Å²) in [6.07, 6.45) is 2.47. The fourth-order valence-corrected chi connectivity index (χ4v) is 2.67. The van der Waals surface area contributed by atoms with Crippen molar-refractivity contribution in [3.8, 4) is 0 Å². The Morgan fingerprint density at radius 2 is 1.52 bits per heavy atom. The minimum atomic E-state index is -0.310. The van der Waals surface area contributed by atoms with Crippen LogP contribution < -0.4 is 16.0 Å². The van der Waals surface area contributed by atoms with Gasteiger partial charge in [0.2, 0.25) is 5.91 Å². The smallest absolute Gasteiger partial charge is 0.323 e. The van der Waals surface area contributed by atoms with Crippen LogP contribution in [0.15, 0.2) is 53.4 Å². The Bertz CT molecular complexity index is 730. The number of carbonyl (C=O) groups is 2. The van der Waals surface area contributed by atoms with Crippen LogP contribution in [0.2, 0.25) is 0 Å². The zero-order valence-electron chi connectivity index (χ0n) is 14.6. The molecule has 0 heterocycles. The van der Waals surface area contributed by atoms with E-state index in [1.165, 1.54) is 0 Å². The van der Waals surface area contributed by atoms with Crippen molar-refractivity contribution in [2.75, 3.05) is 22.2 Å². The van der Waals surface area contributed by atoms with E-state index in [2.05, 4.69) is 16.0 Å². The first-order valence-electron chi connectivity index (χ1n) is 8.08. The van der Waals surface area contributed by atoms with E-state index in [-0.39, 0.29) is 11.9 Å². The number of carbonyl (C=O) groups excluding carboxylic acids is 2. The Kier molecular flexibility index (Phi) is 6.89. The van der Waals surface area contributed by atoms with Gasteiger partial charge < -0.3 is 16.0 Å². The molecular formula is C19H23N3O2S. The van der Waals surface area contributed by atoms with Crippen LogP contribution in [0.3, 0.4) is 0 Å². The third-order valence-corrected chi connectivity index (χ3v) is 4.07. The maximum Gasteiger partial charge on any atom is 0.323 e. The molecular weight excluding hydrogens is 334 g/mol. The molecule has 3 amide bonds. The molecule has 0 aliphatic rings. The van der Waals surface area contributed by atoms with E-state index in [0.29, 0.717) is 23.7 Å². The molecule has 0 atom stereocenters. The van der Waals surface area contributed by atoms with Crippen molar-refractivity contribution in [2.24, 2.45) is 5.92 Å². The van der Waals surface area contributed by atoms with Gasteiger partial charge in [0.15, 0.2) is 0 Å². The first kappa shape index (κ1) is 18.9. The van der Waals surface area contributed by atoms with Crippen LogP contribution in [-0.2, 0) is 4.79 Å². The van der Waals surface area contributed by atoms with Crippen molar-refractivity contribution >= 4 is 40.8 Å². The van der Waals surface area contributed by atoms with Crippen molar-refractivity contribution in [2.45, 2.75) is 25.2 Å². The number of anilines is 3. The van der Waals surface area contributed by atoms with Crippen molar-refractivity contribution in [3.63, 3.8) is 0 Å². The standard InChI is InChI=1S/C19H23N3O2S/c1-13(2)11-18(23)20-14-7-9-15(10-8-14)21-19(24)22-16-5-4-6-17(12-16)25-3/h4-10,12-13H,11H2,1-3H3,(H,20,23)(H2,21,22,24). The molecule has 25 heavy (non-hydrogen) atoms. The predicted octanol–water partition coefficient (Wildman–Crippen LogP) is 5.04.